The highest BCUT2D eigenvalue weighted by molar-refractivity contribution is 7.80. The summed E-state index contributed by atoms with van der Waals surface area (Å²) in [5, 5.41) is 31.7. The molecule has 2 fully saturated rings. The zero-order chi connectivity index (χ0) is 15.3. The molecule has 1 unspecified atom stereocenters. The van der Waals surface area contributed by atoms with E-state index in [-0.39, 0.29) is 16.9 Å². The SMILES string of the molecule is NC1=NC(=O)C2NC(=S)N([C@@H]3O[C@H](CO)[C@@H](O)[C@H]3O)C2=N1. The number of aliphatic hydroxyl groups is 3. The highest BCUT2D eigenvalue weighted by Gasteiger charge is 2.52. The van der Waals surface area contributed by atoms with E-state index in [1.54, 1.807) is 0 Å². The molecule has 3 rings (SSSR count). The second-order valence-corrected chi connectivity index (χ2v) is 5.15. The highest BCUT2D eigenvalue weighted by atomic mass is 32.1. The van der Waals surface area contributed by atoms with Gasteiger partial charge in [-0.15, -0.1) is 0 Å². The van der Waals surface area contributed by atoms with Crippen LogP contribution in [0.2, 0.25) is 0 Å². The van der Waals surface area contributed by atoms with Crippen molar-refractivity contribution in [2.45, 2.75) is 30.6 Å². The van der Waals surface area contributed by atoms with Gasteiger partial charge in [-0.1, -0.05) is 0 Å². The van der Waals surface area contributed by atoms with Gasteiger partial charge in [-0.3, -0.25) is 9.69 Å². The molecule has 0 radical (unpaired) electrons. The number of rotatable bonds is 2. The number of nitrogens with zero attached hydrogens (tertiary/aromatic N) is 3. The Hall–Kier alpha value is -1.66. The molecule has 0 aliphatic carbocycles. The number of amidine groups is 1. The molecule has 1 amide bonds. The van der Waals surface area contributed by atoms with Crippen LogP contribution in [0.3, 0.4) is 0 Å². The molecule has 3 aliphatic heterocycles. The molecule has 6 N–H and O–H groups in total. The summed E-state index contributed by atoms with van der Waals surface area (Å²) in [6, 6.07) is -0.897. The van der Waals surface area contributed by atoms with Gasteiger partial charge in [-0.25, -0.2) is 0 Å². The van der Waals surface area contributed by atoms with E-state index in [4.69, 9.17) is 27.8 Å². The van der Waals surface area contributed by atoms with Crippen molar-refractivity contribution < 1.29 is 24.9 Å². The monoisotopic (exact) mass is 315 g/mol. The average Bonchev–Trinajstić information content (AvgIpc) is 2.89. The van der Waals surface area contributed by atoms with Gasteiger partial charge in [0.25, 0.3) is 5.91 Å². The molecule has 0 bridgehead atoms. The van der Waals surface area contributed by atoms with Crippen molar-refractivity contribution in [2.24, 2.45) is 15.7 Å². The normalized spacial score (nSPS) is 39.0. The lowest BCUT2D eigenvalue weighted by atomic mass is 10.1. The van der Waals surface area contributed by atoms with Gasteiger partial charge in [-0.2, -0.15) is 9.98 Å². The van der Waals surface area contributed by atoms with Crippen LogP contribution in [0.25, 0.3) is 0 Å². The second-order valence-electron chi connectivity index (χ2n) is 4.76. The number of hydrogen-bond acceptors (Lipinski definition) is 8. The van der Waals surface area contributed by atoms with Crippen LogP contribution in [-0.2, 0) is 9.53 Å². The lowest BCUT2D eigenvalue weighted by Gasteiger charge is -2.27. The number of carbonyl (C=O) groups is 1. The molecular formula is C10H13N5O5S. The van der Waals surface area contributed by atoms with Crippen LogP contribution in [0, 0.1) is 0 Å². The molecule has 2 saturated heterocycles. The number of amides is 1. The van der Waals surface area contributed by atoms with Crippen molar-refractivity contribution in [1.29, 1.82) is 0 Å². The summed E-state index contributed by atoms with van der Waals surface area (Å²) in [4.78, 5) is 20.5. The number of hydrogen-bond donors (Lipinski definition) is 5. The number of aliphatic imine (C=N–C) groups is 2. The fourth-order valence-corrected chi connectivity index (χ4v) is 2.77. The first kappa shape index (κ1) is 14.3. The third kappa shape index (κ3) is 2.10. The van der Waals surface area contributed by atoms with Crippen LogP contribution in [0.5, 0.6) is 0 Å². The Balaban J connectivity index is 1.93. The number of ether oxygens (including phenoxy) is 1. The lowest BCUT2D eigenvalue weighted by molar-refractivity contribution is -0.118. The smallest absolute Gasteiger partial charge is 0.279 e. The van der Waals surface area contributed by atoms with E-state index < -0.39 is 43.1 Å². The Kier molecular flexibility index (Phi) is 3.37. The van der Waals surface area contributed by atoms with E-state index in [0.29, 0.717) is 0 Å². The summed E-state index contributed by atoms with van der Waals surface area (Å²) in [6.07, 6.45) is -4.66. The predicted molar refractivity (Wildman–Crippen MR) is 73.2 cm³/mol. The third-order valence-corrected chi connectivity index (χ3v) is 3.78. The quantitative estimate of drug-likeness (QED) is 0.323. The minimum Gasteiger partial charge on any atom is -0.394 e. The Labute approximate surface area is 123 Å². The van der Waals surface area contributed by atoms with Crippen molar-refractivity contribution in [3.05, 3.63) is 0 Å². The zero-order valence-electron chi connectivity index (χ0n) is 10.6. The topological polar surface area (TPSA) is 153 Å². The Morgan fingerprint density at radius 1 is 1.38 bits per heavy atom. The maximum Gasteiger partial charge on any atom is 0.279 e. The van der Waals surface area contributed by atoms with Crippen LogP contribution in [0.4, 0.5) is 0 Å². The molecular weight excluding hydrogens is 302 g/mol. The molecule has 3 heterocycles. The molecule has 10 nitrogen and oxygen atoms in total. The molecule has 21 heavy (non-hydrogen) atoms. The number of carbonyl (C=O) groups excluding carboxylic acids is 1. The van der Waals surface area contributed by atoms with Gasteiger partial charge in [0, 0.05) is 0 Å². The zero-order valence-corrected chi connectivity index (χ0v) is 11.4. The molecule has 3 aliphatic rings. The first-order valence-electron chi connectivity index (χ1n) is 6.13. The maximum absolute atomic E-state index is 11.8. The third-order valence-electron chi connectivity index (χ3n) is 3.46. The molecule has 0 spiro atoms. The van der Waals surface area contributed by atoms with Crippen LogP contribution in [0.1, 0.15) is 0 Å². The van der Waals surface area contributed by atoms with E-state index in [0.717, 1.165) is 0 Å². The number of aliphatic hydroxyl groups excluding tert-OH is 3. The Morgan fingerprint density at radius 3 is 2.71 bits per heavy atom. The minimum atomic E-state index is -1.33. The van der Waals surface area contributed by atoms with Gasteiger partial charge < -0.3 is 31.1 Å². The number of nitrogens with two attached hydrogens (primary N) is 1. The van der Waals surface area contributed by atoms with Crippen LogP contribution < -0.4 is 11.1 Å². The number of thiocarbonyl (C=S) groups is 1. The molecule has 0 aromatic heterocycles. The van der Waals surface area contributed by atoms with Crippen molar-refractivity contribution >= 4 is 35.0 Å². The fraction of sp³-hybridized carbons (Fsp3) is 0.600. The van der Waals surface area contributed by atoms with Gasteiger partial charge >= 0.3 is 0 Å². The van der Waals surface area contributed by atoms with Crippen LogP contribution in [0.15, 0.2) is 9.98 Å². The summed E-state index contributed by atoms with van der Waals surface area (Å²) in [6.45, 7) is -0.471. The summed E-state index contributed by atoms with van der Waals surface area (Å²) in [5.41, 5.74) is 5.45. The summed E-state index contributed by atoms with van der Waals surface area (Å²) >= 11 is 5.10. The summed E-state index contributed by atoms with van der Waals surface area (Å²) in [7, 11) is 0. The van der Waals surface area contributed by atoms with E-state index in [9.17, 15) is 15.0 Å². The predicted octanol–water partition coefficient (Wildman–Crippen LogP) is -3.76. The molecule has 11 heteroatoms. The van der Waals surface area contributed by atoms with Crippen molar-refractivity contribution in [2.75, 3.05) is 6.61 Å². The van der Waals surface area contributed by atoms with Gasteiger partial charge in [-0.05, 0) is 12.2 Å². The van der Waals surface area contributed by atoms with Crippen molar-refractivity contribution in [3.63, 3.8) is 0 Å². The van der Waals surface area contributed by atoms with E-state index >= 15 is 0 Å². The van der Waals surface area contributed by atoms with E-state index in [1.165, 1.54) is 4.90 Å². The molecule has 0 saturated carbocycles. The van der Waals surface area contributed by atoms with Gasteiger partial charge in [0.15, 0.2) is 17.4 Å². The van der Waals surface area contributed by atoms with E-state index in [2.05, 4.69) is 15.3 Å². The van der Waals surface area contributed by atoms with E-state index in [1.807, 2.05) is 0 Å². The van der Waals surface area contributed by atoms with Gasteiger partial charge in [0.2, 0.25) is 5.96 Å². The first-order valence-corrected chi connectivity index (χ1v) is 6.53. The maximum atomic E-state index is 11.8. The summed E-state index contributed by atoms with van der Waals surface area (Å²) < 4.78 is 5.38. The molecule has 5 atom stereocenters. The largest absolute Gasteiger partial charge is 0.394 e. The second kappa shape index (κ2) is 4.96. The van der Waals surface area contributed by atoms with Crippen LogP contribution >= 0.6 is 12.2 Å². The van der Waals surface area contributed by atoms with Crippen molar-refractivity contribution in [3.8, 4) is 0 Å². The van der Waals surface area contributed by atoms with Crippen molar-refractivity contribution in [1.82, 2.24) is 10.2 Å². The molecule has 0 aromatic carbocycles. The first-order chi connectivity index (χ1) is 9.93. The number of nitrogens with one attached hydrogen (secondary N) is 1. The Bertz CT molecular complexity index is 566. The Morgan fingerprint density at radius 2 is 2.10 bits per heavy atom. The number of guanidine groups is 1. The number of fused-ring (bicyclic) bond motifs is 1. The van der Waals surface area contributed by atoms with Gasteiger partial charge in [0.1, 0.15) is 24.1 Å². The minimum absolute atomic E-state index is 0.0897. The van der Waals surface area contributed by atoms with Crippen LogP contribution in [-0.4, -0.2) is 80.2 Å². The average molecular weight is 315 g/mol. The van der Waals surface area contributed by atoms with Gasteiger partial charge in [0.05, 0.1) is 6.61 Å². The fourth-order valence-electron chi connectivity index (χ4n) is 2.45. The summed E-state index contributed by atoms with van der Waals surface area (Å²) in [5.74, 6) is -0.643. The standard InChI is InChI=1S/C10H13N5O5S/c11-9-13-6-3(7(19)14-9)12-10(21)15(6)8-5(18)4(17)2(1-16)20-8/h2-5,8,16-18H,1H2,(H,12,21)(H2,11,14,19)/t2-,3?,4-,5-,8-/m1/s1. The molecule has 0 aromatic rings. The highest BCUT2D eigenvalue weighted by Crippen LogP contribution is 2.28. The lowest BCUT2D eigenvalue weighted by Crippen LogP contribution is -2.49. The molecule has 114 valence electrons.